The first-order chi connectivity index (χ1) is 14.6. The molecule has 0 aliphatic carbocycles. The second-order valence-corrected chi connectivity index (χ2v) is 7.47. The quantitative estimate of drug-likeness (QED) is 0.536. The number of fused-ring (bicyclic) bond motifs is 1. The molecule has 9 nitrogen and oxygen atoms in total. The van der Waals surface area contributed by atoms with Crippen LogP contribution in [0, 0.1) is 5.92 Å². The third kappa shape index (κ3) is 4.84. The zero-order valence-corrected chi connectivity index (χ0v) is 16.6. The van der Waals surface area contributed by atoms with E-state index in [1.54, 1.807) is 5.38 Å². The Morgan fingerprint density at radius 1 is 1.20 bits per heavy atom. The maximum Gasteiger partial charge on any atom is 0.269 e. The molecule has 0 radical (unpaired) electrons. The van der Waals surface area contributed by atoms with Gasteiger partial charge in [0.2, 0.25) is 11.8 Å². The smallest absolute Gasteiger partial charge is 0.269 e. The third-order valence-electron chi connectivity index (χ3n) is 4.39. The number of H-pyrrole nitrogens is 1. The summed E-state index contributed by atoms with van der Waals surface area (Å²) in [7, 11) is 0. The van der Waals surface area contributed by atoms with E-state index in [4.69, 9.17) is 0 Å². The number of amides is 3. The number of rotatable bonds is 7. The van der Waals surface area contributed by atoms with E-state index < -0.39 is 5.92 Å². The van der Waals surface area contributed by atoms with Gasteiger partial charge in [0.15, 0.2) is 5.13 Å². The summed E-state index contributed by atoms with van der Waals surface area (Å²) in [5.74, 6) is -0.701. The van der Waals surface area contributed by atoms with Gasteiger partial charge in [-0.1, -0.05) is 18.2 Å². The van der Waals surface area contributed by atoms with Gasteiger partial charge in [-0.05, 0) is 18.6 Å². The van der Waals surface area contributed by atoms with Gasteiger partial charge in [-0.2, -0.15) is 0 Å². The van der Waals surface area contributed by atoms with Crippen LogP contribution in [0.15, 0.2) is 46.8 Å². The molecule has 2 aromatic heterocycles. The Morgan fingerprint density at radius 2 is 2.07 bits per heavy atom. The molecule has 1 aliphatic heterocycles. The Kier molecular flexibility index (Phi) is 5.75. The highest BCUT2D eigenvalue weighted by atomic mass is 32.1. The summed E-state index contributed by atoms with van der Waals surface area (Å²) < 4.78 is 0. The molecule has 1 atom stereocenters. The number of anilines is 1. The Morgan fingerprint density at radius 3 is 2.87 bits per heavy atom. The molecule has 3 heterocycles. The SMILES string of the molecule is O=C1C=CC(C(=O)Nc2nc(CCC(=O)NCc3nc4ccccc4[nH]3)cs2)C=N1. The molecule has 10 heteroatoms. The van der Waals surface area contributed by atoms with Crippen molar-refractivity contribution in [2.75, 3.05) is 5.32 Å². The van der Waals surface area contributed by atoms with Crippen LogP contribution in [0.4, 0.5) is 5.13 Å². The molecule has 152 valence electrons. The topological polar surface area (TPSA) is 129 Å². The molecule has 1 aliphatic rings. The van der Waals surface area contributed by atoms with E-state index in [9.17, 15) is 14.4 Å². The van der Waals surface area contributed by atoms with Gasteiger partial charge in [-0.3, -0.25) is 14.4 Å². The summed E-state index contributed by atoms with van der Waals surface area (Å²) in [6.07, 6.45) is 4.79. The van der Waals surface area contributed by atoms with Crippen LogP contribution in [0.25, 0.3) is 11.0 Å². The zero-order valence-electron chi connectivity index (χ0n) is 15.8. The fraction of sp³-hybridized carbons (Fsp3) is 0.200. The van der Waals surface area contributed by atoms with Crippen molar-refractivity contribution in [3.05, 3.63) is 53.3 Å². The summed E-state index contributed by atoms with van der Waals surface area (Å²) in [5.41, 5.74) is 2.51. The van der Waals surface area contributed by atoms with Crippen LogP contribution < -0.4 is 10.6 Å². The van der Waals surface area contributed by atoms with Crippen molar-refractivity contribution in [3.63, 3.8) is 0 Å². The van der Waals surface area contributed by atoms with Crippen molar-refractivity contribution in [1.82, 2.24) is 20.3 Å². The molecule has 0 fully saturated rings. The Bertz CT molecular complexity index is 1110. The first-order valence-electron chi connectivity index (χ1n) is 9.29. The van der Waals surface area contributed by atoms with Crippen molar-refractivity contribution in [3.8, 4) is 0 Å². The minimum Gasteiger partial charge on any atom is -0.349 e. The first-order valence-corrected chi connectivity index (χ1v) is 10.2. The predicted molar refractivity (Wildman–Crippen MR) is 113 cm³/mol. The lowest BCUT2D eigenvalue weighted by atomic mass is 10.1. The van der Waals surface area contributed by atoms with E-state index in [1.807, 2.05) is 24.3 Å². The number of hydrogen-bond acceptors (Lipinski definition) is 6. The molecule has 3 aromatic rings. The molecule has 1 aromatic carbocycles. The van der Waals surface area contributed by atoms with Crippen molar-refractivity contribution in [2.45, 2.75) is 19.4 Å². The maximum atomic E-state index is 12.2. The van der Waals surface area contributed by atoms with E-state index in [2.05, 4.69) is 30.6 Å². The molecule has 3 amide bonds. The number of benzene rings is 1. The number of carbonyl (C=O) groups excluding carboxylic acids is 3. The van der Waals surface area contributed by atoms with Crippen molar-refractivity contribution < 1.29 is 14.4 Å². The molecule has 1 unspecified atom stereocenters. The number of para-hydroxylation sites is 2. The molecular formula is C20H18N6O3S. The number of aromatic nitrogens is 3. The average molecular weight is 422 g/mol. The highest BCUT2D eigenvalue weighted by Gasteiger charge is 2.18. The highest BCUT2D eigenvalue weighted by Crippen LogP contribution is 2.18. The summed E-state index contributed by atoms with van der Waals surface area (Å²) in [6.45, 7) is 0.324. The molecule has 0 spiro atoms. The van der Waals surface area contributed by atoms with Gasteiger partial charge in [0, 0.05) is 24.1 Å². The largest absolute Gasteiger partial charge is 0.349 e. The van der Waals surface area contributed by atoms with Gasteiger partial charge in [-0.15, -0.1) is 11.3 Å². The normalized spacial score (nSPS) is 15.5. The Hall–Kier alpha value is -3.66. The van der Waals surface area contributed by atoms with Gasteiger partial charge in [0.1, 0.15) is 5.82 Å². The fourth-order valence-corrected chi connectivity index (χ4v) is 3.60. The van der Waals surface area contributed by atoms with Crippen molar-refractivity contribution >= 4 is 51.4 Å². The molecule has 30 heavy (non-hydrogen) atoms. The minimum atomic E-state index is -0.598. The van der Waals surface area contributed by atoms with E-state index in [-0.39, 0.29) is 24.1 Å². The number of aromatic amines is 1. The number of nitrogens with zero attached hydrogens (tertiary/aromatic N) is 3. The second kappa shape index (κ2) is 8.78. The van der Waals surface area contributed by atoms with Gasteiger partial charge in [-0.25, -0.2) is 15.0 Å². The Balaban J connectivity index is 1.23. The highest BCUT2D eigenvalue weighted by molar-refractivity contribution is 7.13. The van der Waals surface area contributed by atoms with Gasteiger partial charge < -0.3 is 15.6 Å². The second-order valence-electron chi connectivity index (χ2n) is 6.61. The summed E-state index contributed by atoms with van der Waals surface area (Å²) in [4.78, 5) is 50.8. The van der Waals surface area contributed by atoms with Gasteiger partial charge >= 0.3 is 0 Å². The number of imidazole rings is 1. The van der Waals surface area contributed by atoms with E-state index in [0.29, 0.717) is 23.9 Å². The number of carbonyl (C=O) groups is 3. The van der Waals surface area contributed by atoms with Crippen molar-refractivity contribution in [1.29, 1.82) is 0 Å². The number of aliphatic imine (C=N–C) groups is 1. The van der Waals surface area contributed by atoms with Crippen LogP contribution in [-0.2, 0) is 27.3 Å². The number of aryl methyl sites for hydroxylation is 1. The van der Waals surface area contributed by atoms with Crippen LogP contribution >= 0.6 is 11.3 Å². The number of dihydropyridines is 1. The molecule has 4 rings (SSSR count). The number of hydrogen-bond donors (Lipinski definition) is 3. The molecule has 0 bridgehead atoms. The lowest BCUT2D eigenvalue weighted by molar-refractivity contribution is -0.121. The minimum absolute atomic E-state index is 0.109. The van der Waals surface area contributed by atoms with Crippen molar-refractivity contribution in [2.24, 2.45) is 10.9 Å². The lowest BCUT2D eigenvalue weighted by Crippen LogP contribution is -2.24. The van der Waals surface area contributed by atoms with Crippen LogP contribution in [0.1, 0.15) is 17.9 Å². The van der Waals surface area contributed by atoms with Crippen LogP contribution in [-0.4, -0.2) is 38.9 Å². The predicted octanol–water partition coefficient (Wildman–Crippen LogP) is 1.99. The van der Waals surface area contributed by atoms with E-state index >= 15 is 0 Å². The fourth-order valence-electron chi connectivity index (χ4n) is 2.86. The van der Waals surface area contributed by atoms with Gasteiger partial charge in [0.25, 0.3) is 5.91 Å². The Labute approximate surface area is 175 Å². The molecule has 3 N–H and O–H groups in total. The summed E-state index contributed by atoms with van der Waals surface area (Å²) in [6, 6.07) is 7.68. The summed E-state index contributed by atoms with van der Waals surface area (Å²) in [5, 5.41) is 7.78. The molecule has 0 saturated heterocycles. The number of thiazole rings is 1. The van der Waals surface area contributed by atoms with E-state index in [1.165, 1.54) is 29.7 Å². The number of nitrogens with one attached hydrogen (secondary N) is 3. The van der Waals surface area contributed by atoms with Gasteiger partial charge in [0.05, 0.1) is 29.2 Å². The van der Waals surface area contributed by atoms with Crippen LogP contribution in [0.5, 0.6) is 0 Å². The zero-order chi connectivity index (χ0) is 20.9. The van der Waals surface area contributed by atoms with E-state index in [0.717, 1.165) is 16.7 Å². The summed E-state index contributed by atoms with van der Waals surface area (Å²) >= 11 is 1.28. The monoisotopic (exact) mass is 422 g/mol. The standard InChI is InChI=1S/C20H18N6O3S/c27-17-7-5-12(9-21-17)19(29)26-20-23-13(11-30-20)6-8-18(28)22-10-16-24-14-3-1-2-4-15(14)25-16/h1-5,7,9,11-12H,6,8,10H2,(H,22,28)(H,24,25)(H,23,26,29). The molecule has 0 saturated carbocycles. The first kappa shape index (κ1) is 19.6. The maximum absolute atomic E-state index is 12.2. The lowest BCUT2D eigenvalue weighted by Gasteiger charge is -2.08. The third-order valence-corrected chi connectivity index (χ3v) is 5.20. The molecular weight excluding hydrogens is 404 g/mol. The van der Waals surface area contributed by atoms with Crippen LogP contribution in [0.3, 0.4) is 0 Å². The average Bonchev–Trinajstić information content (AvgIpc) is 3.37. The van der Waals surface area contributed by atoms with Crippen LogP contribution in [0.2, 0.25) is 0 Å².